The summed E-state index contributed by atoms with van der Waals surface area (Å²) < 4.78 is 1.10. The number of hydrogen-bond donors (Lipinski definition) is 1. The van der Waals surface area contributed by atoms with Crippen LogP contribution in [-0.4, -0.2) is 7.11 Å². The largest absolute Gasteiger partial charge is 0.305 e. The first kappa shape index (κ1) is 10.7. The van der Waals surface area contributed by atoms with E-state index in [1.54, 1.807) is 7.11 Å². The minimum absolute atomic E-state index is 0.266. The fourth-order valence-corrected chi connectivity index (χ4v) is 1.67. The Labute approximate surface area is 87.4 Å². The van der Waals surface area contributed by atoms with Gasteiger partial charge in [0.1, 0.15) is 0 Å². The average molecular weight is 244 g/mol. The van der Waals surface area contributed by atoms with E-state index in [4.69, 9.17) is 4.84 Å². The zero-order valence-electron chi connectivity index (χ0n) is 7.88. The number of hydrogen-bond acceptors (Lipinski definition) is 2. The Morgan fingerprint density at radius 2 is 2.31 bits per heavy atom. The molecule has 3 heteroatoms. The van der Waals surface area contributed by atoms with Crippen molar-refractivity contribution in [2.75, 3.05) is 7.11 Å². The molecule has 1 rings (SSSR count). The van der Waals surface area contributed by atoms with Gasteiger partial charge in [-0.25, -0.2) is 0 Å². The normalized spacial score (nSPS) is 12.8. The molecule has 0 bridgehead atoms. The second-order valence-electron chi connectivity index (χ2n) is 2.84. The van der Waals surface area contributed by atoms with Gasteiger partial charge in [-0.1, -0.05) is 35.0 Å². The van der Waals surface area contributed by atoms with E-state index in [0.29, 0.717) is 0 Å². The molecule has 1 unspecified atom stereocenters. The van der Waals surface area contributed by atoms with Crippen LogP contribution in [0.2, 0.25) is 0 Å². The number of hydroxylamine groups is 1. The van der Waals surface area contributed by atoms with E-state index in [1.807, 2.05) is 12.1 Å². The lowest BCUT2D eigenvalue weighted by Gasteiger charge is -2.15. The Bertz CT molecular complexity index is 265. The zero-order valence-corrected chi connectivity index (χ0v) is 9.47. The molecule has 2 nitrogen and oxygen atoms in total. The van der Waals surface area contributed by atoms with Gasteiger partial charge in [-0.05, 0) is 24.1 Å². The van der Waals surface area contributed by atoms with Crippen molar-refractivity contribution < 1.29 is 4.84 Å². The van der Waals surface area contributed by atoms with Crippen LogP contribution in [0.3, 0.4) is 0 Å². The summed E-state index contributed by atoms with van der Waals surface area (Å²) >= 11 is 3.44. The molecule has 0 heterocycles. The van der Waals surface area contributed by atoms with Crippen LogP contribution in [0, 0.1) is 0 Å². The van der Waals surface area contributed by atoms with Crippen LogP contribution in [0.1, 0.15) is 24.9 Å². The van der Waals surface area contributed by atoms with Crippen LogP contribution in [-0.2, 0) is 4.84 Å². The Morgan fingerprint density at radius 3 is 2.85 bits per heavy atom. The highest BCUT2D eigenvalue weighted by Crippen LogP contribution is 2.20. The van der Waals surface area contributed by atoms with Crippen molar-refractivity contribution in [3.8, 4) is 0 Å². The minimum atomic E-state index is 0.266. The van der Waals surface area contributed by atoms with Gasteiger partial charge in [0.15, 0.2) is 0 Å². The topological polar surface area (TPSA) is 21.3 Å². The van der Waals surface area contributed by atoms with Crippen molar-refractivity contribution in [1.29, 1.82) is 0 Å². The second-order valence-corrected chi connectivity index (χ2v) is 3.75. The van der Waals surface area contributed by atoms with Crippen molar-refractivity contribution in [2.45, 2.75) is 19.4 Å². The van der Waals surface area contributed by atoms with Gasteiger partial charge < -0.3 is 4.84 Å². The predicted molar refractivity (Wildman–Crippen MR) is 57.3 cm³/mol. The first-order chi connectivity index (χ1) is 6.27. The van der Waals surface area contributed by atoms with Crippen LogP contribution < -0.4 is 5.48 Å². The fourth-order valence-electron chi connectivity index (χ4n) is 1.25. The first-order valence-corrected chi connectivity index (χ1v) is 5.11. The molecule has 0 aliphatic carbocycles. The zero-order chi connectivity index (χ0) is 9.68. The molecule has 0 fully saturated rings. The fraction of sp³-hybridized carbons (Fsp3) is 0.400. The maximum atomic E-state index is 4.92. The lowest BCUT2D eigenvalue weighted by atomic mass is 10.1. The second kappa shape index (κ2) is 5.37. The summed E-state index contributed by atoms with van der Waals surface area (Å²) in [5.41, 5.74) is 4.19. The van der Waals surface area contributed by atoms with Crippen LogP contribution in [0.25, 0.3) is 0 Å². The molecule has 1 N–H and O–H groups in total. The number of nitrogens with one attached hydrogen (secondary N) is 1. The summed E-state index contributed by atoms with van der Waals surface area (Å²) in [6, 6.07) is 8.50. The minimum Gasteiger partial charge on any atom is -0.305 e. The molecular weight excluding hydrogens is 230 g/mol. The van der Waals surface area contributed by atoms with Gasteiger partial charge in [-0.15, -0.1) is 0 Å². The summed E-state index contributed by atoms with van der Waals surface area (Å²) in [7, 11) is 1.64. The molecule has 0 saturated carbocycles. The highest BCUT2D eigenvalue weighted by Gasteiger charge is 2.07. The van der Waals surface area contributed by atoms with E-state index < -0.39 is 0 Å². The molecular formula is C10H14BrNO. The molecule has 1 aromatic rings. The van der Waals surface area contributed by atoms with Crippen LogP contribution in [0.5, 0.6) is 0 Å². The van der Waals surface area contributed by atoms with Gasteiger partial charge in [0.05, 0.1) is 13.2 Å². The smallest absolute Gasteiger partial charge is 0.0572 e. The summed E-state index contributed by atoms with van der Waals surface area (Å²) in [5.74, 6) is 0. The molecule has 0 aliphatic rings. The Hall–Kier alpha value is -0.380. The highest BCUT2D eigenvalue weighted by atomic mass is 79.9. The molecule has 72 valence electrons. The molecule has 0 aromatic heterocycles. The van der Waals surface area contributed by atoms with E-state index in [1.165, 1.54) is 5.56 Å². The van der Waals surface area contributed by atoms with E-state index >= 15 is 0 Å². The molecule has 1 aromatic carbocycles. The molecule has 13 heavy (non-hydrogen) atoms. The summed E-state index contributed by atoms with van der Waals surface area (Å²) in [6.45, 7) is 2.12. The van der Waals surface area contributed by atoms with Crippen molar-refractivity contribution in [3.05, 3.63) is 34.3 Å². The lowest BCUT2D eigenvalue weighted by molar-refractivity contribution is 0.0592. The molecule has 0 saturated heterocycles. The highest BCUT2D eigenvalue weighted by molar-refractivity contribution is 9.10. The van der Waals surface area contributed by atoms with Crippen molar-refractivity contribution in [2.24, 2.45) is 0 Å². The van der Waals surface area contributed by atoms with Gasteiger partial charge in [-0.3, -0.25) is 0 Å². The van der Waals surface area contributed by atoms with Gasteiger partial charge >= 0.3 is 0 Å². The SMILES string of the molecule is CCC(NOC)c1cccc(Br)c1. The number of halogens is 1. The van der Waals surface area contributed by atoms with Gasteiger partial charge in [0.25, 0.3) is 0 Å². The monoisotopic (exact) mass is 243 g/mol. The molecule has 0 aliphatic heterocycles. The van der Waals surface area contributed by atoms with Gasteiger partial charge in [-0.2, -0.15) is 5.48 Å². The molecule has 0 amide bonds. The Morgan fingerprint density at radius 1 is 1.54 bits per heavy atom. The molecule has 0 spiro atoms. The average Bonchev–Trinajstić information content (AvgIpc) is 2.14. The van der Waals surface area contributed by atoms with E-state index in [0.717, 1.165) is 10.9 Å². The van der Waals surface area contributed by atoms with E-state index in [-0.39, 0.29) is 6.04 Å². The van der Waals surface area contributed by atoms with Crippen molar-refractivity contribution in [3.63, 3.8) is 0 Å². The summed E-state index contributed by atoms with van der Waals surface area (Å²) in [4.78, 5) is 4.92. The van der Waals surface area contributed by atoms with Gasteiger partial charge in [0, 0.05) is 4.47 Å². The standard InChI is InChI=1S/C10H14BrNO/c1-3-10(12-13-2)8-5-4-6-9(11)7-8/h4-7,10,12H,3H2,1-2H3. The summed E-state index contributed by atoms with van der Waals surface area (Å²) in [5, 5.41) is 0. The van der Waals surface area contributed by atoms with Crippen molar-refractivity contribution in [1.82, 2.24) is 5.48 Å². The summed E-state index contributed by atoms with van der Waals surface area (Å²) in [6.07, 6.45) is 1.00. The van der Waals surface area contributed by atoms with Crippen molar-refractivity contribution >= 4 is 15.9 Å². The third-order valence-electron chi connectivity index (χ3n) is 1.92. The molecule has 0 radical (unpaired) electrons. The Kier molecular flexibility index (Phi) is 4.42. The lowest BCUT2D eigenvalue weighted by Crippen LogP contribution is -2.19. The third-order valence-corrected chi connectivity index (χ3v) is 2.41. The van der Waals surface area contributed by atoms with Gasteiger partial charge in [0.2, 0.25) is 0 Å². The van der Waals surface area contributed by atoms with E-state index in [2.05, 4.69) is 40.5 Å². The predicted octanol–water partition coefficient (Wildman–Crippen LogP) is 3.05. The number of rotatable bonds is 4. The van der Waals surface area contributed by atoms with Crippen LogP contribution in [0.15, 0.2) is 28.7 Å². The maximum absolute atomic E-state index is 4.92. The Balaban J connectivity index is 2.78. The van der Waals surface area contributed by atoms with Crippen LogP contribution >= 0.6 is 15.9 Å². The third kappa shape index (κ3) is 3.10. The first-order valence-electron chi connectivity index (χ1n) is 4.32. The quantitative estimate of drug-likeness (QED) is 0.822. The van der Waals surface area contributed by atoms with E-state index in [9.17, 15) is 0 Å². The molecule has 1 atom stereocenters. The van der Waals surface area contributed by atoms with Crippen LogP contribution in [0.4, 0.5) is 0 Å². The number of benzene rings is 1. The maximum Gasteiger partial charge on any atom is 0.0572 e.